The first-order valence-electron chi connectivity index (χ1n) is 6.86. The van der Waals surface area contributed by atoms with Crippen LogP contribution in [0.2, 0.25) is 0 Å². The summed E-state index contributed by atoms with van der Waals surface area (Å²) in [6, 6.07) is 0.428. The van der Waals surface area contributed by atoms with Gasteiger partial charge in [-0.05, 0) is 19.4 Å². The van der Waals surface area contributed by atoms with Crippen LogP contribution in [0.25, 0.3) is 0 Å². The summed E-state index contributed by atoms with van der Waals surface area (Å²) in [6.45, 7) is 3.33. The molecule has 1 amide bonds. The van der Waals surface area contributed by atoms with Crippen molar-refractivity contribution in [1.29, 1.82) is 0 Å². The van der Waals surface area contributed by atoms with Crippen molar-refractivity contribution in [3.63, 3.8) is 0 Å². The molecule has 2 fully saturated rings. The smallest absolute Gasteiger partial charge is 0.354 e. The lowest BCUT2D eigenvalue weighted by atomic mass is 10.1. The molecule has 0 aliphatic carbocycles. The van der Waals surface area contributed by atoms with E-state index in [0.717, 1.165) is 19.5 Å². The van der Waals surface area contributed by atoms with E-state index in [2.05, 4.69) is 10.00 Å². The van der Waals surface area contributed by atoms with E-state index in [4.69, 9.17) is 0 Å². The molecule has 2 aliphatic heterocycles. The number of aromatic carboxylic acids is 1. The number of amides is 1. The molecule has 2 aliphatic rings. The molecule has 0 radical (unpaired) electrons. The fraction of sp³-hybridized carbons (Fsp3) is 0.615. The van der Waals surface area contributed by atoms with Crippen molar-refractivity contribution in [1.82, 2.24) is 19.6 Å². The summed E-state index contributed by atoms with van der Waals surface area (Å²) >= 11 is 0. The highest BCUT2D eigenvalue weighted by Gasteiger charge is 2.34. The predicted molar refractivity (Wildman–Crippen MR) is 70.7 cm³/mol. The van der Waals surface area contributed by atoms with Gasteiger partial charge in [-0.15, -0.1) is 0 Å². The molecule has 1 aromatic rings. The SMILES string of the molecule is Cn1ncc(C(=O)N2CCN3CCCC3C2)c1C(=O)O. The molecule has 1 N–H and O–H groups in total. The van der Waals surface area contributed by atoms with Crippen molar-refractivity contribution >= 4 is 11.9 Å². The zero-order valence-electron chi connectivity index (χ0n) is 11.4. The molecule has 3 heterocycles. The van der Waals surface area contributed by atoms with Gasteiger partial charge in [0.15, 0.2) is 5.69 Å². The van der Waals surface area contributed by atoms with Gasteiger partial charge < -0.3 is 10.0 Å². The van der Waals surface area contributed by atoms with Crippen LogP contribution < -0.4 is 0 Å². The molecule has 0 spiro atoms. The van der Waals surface area contributed by atoms with E-state index in [9.17, 15) is 14.7 Å². The molecule has 1 atom stereocenters. The van der Waals surface area contributed by atoms with E-state index < -0.39 is 5.97 Å². The van der Waals surface area contributed by atoms with Gasteiger partial charge >= 0.3 is 5.97 Å². The number of carbonyl (C=O) groups excluding carboxylic acids is 1. The monoisotopic (exact) mass is 278 g/mol. The van der Waals surface area contributed by atoms with Crippen molar-refractivity contribution < 1.29 is 14.7 Å². The normalized spacial score (nSPS) is 22.9. The highest BCUT2D eigenvalue weighted by molar-refractivity contribution is 6.03. The van der Waals surface area contributed by atoms with E-state index in [0.29, 0.717) is 19.1 Å². The third kappa shape index (κ3) is 2.07. The molecule has 0 bridgehead atoms. The lowest BCUT2D eigenvalue weighted by Crippen LogP contribution is -2.52. The van der Waals surface area contributed by atoms with E-state index in [1.807, 2.05) is 0 Å². The summed E-state index contributed by atoms with van der Waals surface area (Å²) in [6.07, 6.45) is 3.65. The molecule has 108 valence electrons. The highest BCUT2D eigenvalue weighted by atomic mass is 16.4. The topological polar surface area (TPSA) is 78.7 Å². The Morgan fingerprint density at radius 1 is 1.35 bits per heavy atom. The van der Waals surface area contributed by atoms with Gasteiger partial charge in [-0.1, -0.05) is 0 Å². The Kier molecular flexibility index (Phi) is 3.21. The number of carbonyl (C=O) groups is 2. The van der Waals surface area contributed by atoms with Gasteiger partial charge in [0, 0.05) is 32.7 Å². The maximum Gasteiger partial charge on any atom is 0.354 e. The number of carboxylic acid groups (broad SMARTS) is 1. The first kappa shape index (κ1) is 13.1. The summed E-state index contributed by atoms with van der Waals surface area (Å²) in [4.78, 5) is 27.9. The summed E-state index contributed by atoms with van der Waals surface area (Å²) in [5.74, 6) is -1.34. The maximum absolute atomic E-state index is 12.5. The molecule has 0 aromatic carbocycles. The lowest BCUT2D eigenvalue weighted by Gasteiger charge is -2.37. The minimum Gasteiger partial charge on any atom is -0.477 e. The van der Waals surface area contributed by atoms with Crippen molar-refractivity contribution in [2.45, 2.75) is 18.9 Å². The first-order valence-corrected chi connectivity index (χ1v) is 6.86. The van der Waals surface area contributed by atoms with Crippen molar-refractivity contribution in [3.8, 4) is 0 Å². The molecule has 0 saturated carbocycles. The van der Waals surface area contributed by atoms with E-state index in [1.165, 1.54) is 24.3 Å². The minimum atomic E-state index is -1.12. The van der Waals surface area contributed by atoms with Gasteiger partial charge in [0.1, 0.15) is 0 Å². The van der Waals surface area contributed by atoms with Crippen LogP contribution in [-0.4, -0.2) is 68.8 Å². The predicted octanol–water partition coefficient (Wildman–Crippen LogP) is 0.0385. The molecule has 2 saturated heterocycles. The molecular formula is C13H18N4O3. The average Bonchev–Trinajstić information content (AvgIpc) is 3.02. The Bertz CT molecular complexity index is 554. The molecule has 20 heavy (non-hydrogen) atoms. The molecule has 3 rings (SSSR count). The number of carboxylic acids is 1. The number of fused-ring (bicyclic) bond motifs is 1. The van der Waals surface area contributed by atoms with E-state index in [-0.39, 0.29) is 17.2 Å². The average molecular weight is 278 g/mol. The fourth-order valence-electron chi connectivity index (χ4n) is 3.19. The second-order valence-electron chi connectivity index (χ2n) is 5.42. The number of aromatic nitrogens is 2. The van der Waals surface area contributed by atoms with Gasteiger partial charge in [-0.3, -0.25) is 14.4 Å². The number of hydrogen-bond acceptors (Lipinski definition) is 4. The van der Waals surface area contributed by atoms with Gasteiger partial charge in [0.2, 0.25) is 0 Å². The quantitative estimate of drug-likeness (QED) is 0.826. The Balaban J connectivity index is 1.81. The van der Waals surface area contributed by atoms with Gasteiger partial charge in [-0.25, -0.2) is 4.79 Å². The van der Waals surface area contributed by atoms with Crippen molar-refractivity contribution in [2.24, 2.45) is 7.05 Å². The zero-order chi connectivity index (χ0) is 14.3. The van der Waals surface area contributed by atoms with Crippen LogP contribution >= 0.6 is 0 Å². The number of rotatable bonds is 2. The van der Waals surface area contributed by atoms with Crippen LogP contribution in [0.4, 0.5) is 0 Å². The Hall–Kier alpha value is -1.89. The number of nitrogens with zero attached hydrogens (tertiary/aromatic N) is 4. The van der Waals surface area contributed by atoms with Crippen molar-refractivity contribution in [2.75, 3.05) is 26.2 Å². The van der Waals surface area contributed by atoms with E-state index in [1.54, 1.807) is 4.90 Å². The maximum atomic E-state index is 12.5. The second-order valence-corrected chi connectivity index (χ2v) is 5.42. The molecule has 7 nitrogen and oxygen atoms in total. The Labute approximate surface area is 116 Å². The van der Waals surface area contributed by atoms with Gasteiger partial charge in [0.25, 0.3) is 5.91 Å². The van der Waals surface area contributed by atoms with Gasteiger partial charge in [-0.2, -0.15) is 5.10 Å². The largest absolute Gasteiger partial charge is 0.477 e. The summed E-state index contributed by atoms with van der Waals surface area (Å²) in [5, 5.41) is 13.1. The van der Waals surface area contributed by atoms with Crippen LogP contribution in [0.15, 0.2) is 6.20 Å². The second kappa shape index (κ2) is 4.90. The summed E-state index contributed by atoms with van der Waals surface area (Å²) in [5.41, 5.74) is 0.148. The molecular weight excluding hydrogens is 260 g/mol. The number of piperazine rings is 1. The minimum absolute atomic E-state index is 0.0381. The lowest BCUT2D eigenvalue weighted by molar-refractivity contribution is 0.0558. The Morgan fingerprint density at radius 3 is 2.90 bits per heavy atom. The zero-order valence-corrected chi connectivity index (χ0v) is 11.4. The van der Waals surface area contributed by atoms with Crippen LogP contribution in [0, 0.1) is 0 Å². The summed E-state index contributed by atoms with van der Waals surface area (Å²) < 4.78 is 1.24. The number of aryl methyl sites for hydroxylation is 1. The Morgan fingerprint density at radius 2 is 2.15 bits per heavy atom. The third-order valence-electron chi connectivity index (χ3n) is 4.25. The van der Waals surface area contributed by atoms with E-state index >= 15 is 0 Å². The first-order chi connectivity index (χ1) is 9.58. The summed E-state index contributed by atoms with van der Waals surface area (Å²) in [7, 11) is 1.54. The molecule has 1 aromatic heterocycles. The standard InChI is InChI=1S/C13H18N4O3/c1-15-11(13(19)20)10(7-14-15)12(18)17-6-5-16-4-2-3-9(16)8-17/h7,9H,2-6,8H2,1H3,(H,19,20). The molecule has 1 unspecified atom stereocenters. The van der Waals surface area contributed by atoms with Crippen LogP contribution in [0.1, 0.15) is 33.7 Å². The van der Waals surface area contributed by atoms with Crippen LogP contribution in [0.3, 0.4) is 0 Å². The van der Waals surface area contributed by atoms with Gasteiger partial charge in [0.05, 0.1) is 11.8 Å². The molecule has 7 heteroatoms. The third-order valence-corrected chi connectivity index (χ3v) is 4.25. The number of hydrogen-bond donors (Lipinski definition) is 1. The van der Waals surface area contributed by atoms with Crippen LogP contribution in [-0.2, 0) is 7.05 Å². The highest BCUT2D eigenvalue weighted by Crippen LogP contribution is 2.23. The van der Waals surface area contributed by atoms with Crippen molar-refractivity contribution in [3.05, 3.63) is 17.5 Å². The van der Waals surface area contributed by atoms with Crippen LogP contribution in [0.5, 0.6) is 0 Å². The fourth-order valence-corrected chi connectivity index (χ4v) is 3.19.